The molecule has 2 aromatic rings. The van der Waals surface area contributed by atoms with Crippen molar-refractivity contribution in [3.63, 3.8) is 0 Å². The van der Waals surface area contributed by atoms with E-state index < -0.39 is 10.0 Å². The maximum atomic E-state index is 12.8. The molecule has 1 aromatic heterocycles. The van der Waals surface area contributed by atoms with Crippen LogP contribution in [-0.4, -0.2) is 31.7 Å². The number of fused-ring (bicyclic) bond motifs is 1. The lowest BCUT2D eigenvalue weighted by molar-refractivity contribution is 0.102. The van der Waals surface area contributed by atoms with E-state index in [4.69, 9.17) is 0 Å². The molecule has 1 N–H and O–H groups in total. The number of aryl methyl sites for hydroxylation is 1. The Morgan fingerprint density at radius 3 is 2.57 bits per heavy atom. The first kappa shape index (κ1) is 21.0. The number of rotatable bonds is 4. The van der Waals surface area contributed by atoms with Crippen molar-refractivity contribution in [1.82, 2.24) is 4.31 Å². The summed E-state index contributed by atoms with van der Waals surface area (Å²) in [5.41, 5.74) is 2.01. The fourth-order valence-electron chi connectivity index (χ4n) is 4.17. The van der Waals surface area contributed by atoms with Crippen LogP contribution in [0.4, 0.5) is 5.00 Å². The van der Waals surface area contributed by atoms with E-state index in [1.807, 2.05) is 0 Å². The summed E-state index contributed by atoms with van der Waals surface area (Å²) in [6, 6.07) is 8.31. The number of amides is 1. The van der Waals surface area contributed by atoms with Gasteiger partial charge in [-0.3, -0.25) is 4.79 Å². The number of hydrogen-bond acceptors (Lipinski definition) is 5. The Balaban J connectivity index is 1.52. The maximum Gasteiger partial charge on any atom is 0.256 e. The number of carbonyl (C=O) groups is 1. The molecule has 1 saturated heterocycles. The first-order valence-electron chi connectivity index (χ1n) is 10.4. The van der Waals surface area contributed by atoms with Crippen molar-refractivity contribution in [1.29, 1.82) is 5.26 Å². The Morgan fingerprint density at radius 1 is 1.20 bits per heavy atom. The zero-order valence-corrected chi connectivity index (χ0v) is 18.6. The fourth-order valence-corrected chi connectivity index (χ4v) is 6.88. The van der Waals surface area contributed by atoms with Crippen molar-refractivity contribution in [2.75, 3.05) is 18.4 Å². The van der Waals surface area contributed by atoms with Crippen LogP contribution in [0.25, 0.3) is 0 Å². The van der Waals surface area contributed by atoms with Gasteiger partial charge in [-0.25, -0.2) is 8.42 Å². The summed E-state index contributed by atoms with van der Waals surface area (Å²) in [6.07, 6.45) is 5.72. The topological polar surface area (TPSA) is 90.3 Å². The predicted molar refractivity (Wildman–Crippen MR) is 117 cm³/mol. The van der Waals surface area contributed by atoms with Crippen LogP contribution < -0.4 is 5.32 Å². The lowest BCUT2D eigenvalue weighted by atomic mass is 9.88. The van der Waals surface area contributed by atoms with E-state index >= 15 is 0 Å². The van der Waals surface area contributed by atoms with Gasteiger partial charge in [0.05, 0.1) is 10.5 Å². The van der Waals surface area contributed by atoms with Crippen LogP contribution in [-0.2, 0) is 22.9 Å². The molecule has 0 bridgehead atoms. The van der Waals surface area contributed by atoms with Crippen molar-refractivity contribution in [2.24, 2.45) is 5.92 Å². The number of hydrogen-bond donors (Lipinski definition) is 1. The molecule has 1 atom stereocenters. The Labute approximate surface area is 181 Å². The molecular formula is C22H25N3O3S2. The zero-order valence-electron chi connectivity index (χ0n) is 17.0. The van der Waals surface area contributed by atoms with Crippen LogP contribution in [0.2, 0.25) is 0 Å². The van der Waals surface area contributed by atoms with Crippen molar-refractivity contribution in [2.45, 2.75) is 50.3 Å². The molecule has 30 heavy (non-hydrogen) atoms. The second-order valence-electron chi connectivity index (χ2n) is 8.11. The molecule has 1 amide bonds. The summed E-state index contributed by atoms with van der Waals surface area (Å²) in [7, 11) is -3.52. The highest BCUT2D eigenvalue weighted by atomic mass is 32.2. The van der Waals surface area contributed by atoms with Crippen molar-refractivity contribution in [3.05, 3.63) is 45.8 Å². The monoisotopic (exact) mass is 443 g/mol. The first-order chi connectivity index (χ1) is 14.4. The van der Waals surface area contributed by atoms with Crippen LogP contribution in [0.5, 0.6) is 0 Å². The third-order valence-electron chi connectivity index (χ3n) is 5.92. The highest BCUT2D eigenvalue weighted by Crippen LogP contribution is 2.39. The SMILES string of the molecule is C[C@@H]1CCc2sc(NC(=O)c3ccc(S(=O)(=O)N4CCCCC4)cc3)c(C#N)c2C1. The van der Waals surface area contributed by atoms with Crippen molar-refractivity contribution < 1.29 is 13.2 Å². The van der Waals surface area contributed by atoms with Crippen LogP contribution in [0.1, 0.15) is 59.0 Å². The number of piperidine rings is 1. The number of nitrogens with one attached hydrogen (secondary N) is 1. The Morgan fingerprint density at radius 2 is 1.90 bits per heavy atom. The van der Waals surface area contributed by atoms with Gasteiger partial charge in [0.1, 0.15) is 11.1 Å². The standard InChI is InChI=1S/C22H25N3O3S2/c1-15-5-10-20-18(13-15)19(14-23)22(29-20)24-21(26)16-6-8-17(9-7-16)30(27,28)25-11-3-2-4-12-25/h6-9,15H,2-5,10-13H2,1H3,(H,24,26)/t15-/m1/s1. The molecule has 1 aromatic carbocycles. The number of nitrogens with zero attached hydrogens (tertiary/aromatic N) is 2. The van der Waals surface area contributed by atoms with Gasteiger partial charge in [0, 0.05) is 23.5 Å². The molecule has 0 spiro atoms. The van der Waals surface area contributed by atoms with E-state index in [1.54, 1.807) is 0 Å². The third kappa shape index (κ3) is 4.02. The quantitative estimate of drug-likeness (QED) is 0.768. The lowest BCUT2D eigenvalue weighted by Gasteiger charge is -2.25. The van der Waals surface area contributed by atoms with E-state index in [9.17, 15) is 18.5 Å². The number of sulfonamides is 1. The van der Waals surface area contributed by atoms with Crippen LogP contribution in [0, 0.1) is 17.2 Å². The molecule has 0 radical (unpaired) electrons. The minimum Gasteiger partial charge on any atom is -0.312 e. The molecule has 2 aliphatic rings. The summed E-state index contributed by atoms with van der Waals surface area (Å²) in [5, 5.41) is 13.1. The van der Waals surface area contributed by atoms with Gasteiger partial charge in [0.15, 0.2) is 0 Å². The van der Waals surface area contributed by atoms with Crippen LogP contribution >= 0.6 is 11.3 Å². The molecule has 1 aliphatic carbocycles. The molecule has 0 unspecified atom stereocenters. The Bertz CT molecular complexity index is 1090. The molecule has 6 nitrogen and oxygen atoms in total. The molecule has 4 rings (SSSR count). The summed E-state index contributed by atoms with van der Waals surface area (Å²) < 4.78 is 27.1. The lowest BCUT2D eigenvalue weighted by Crippen LogP contribution is -2.35. The van der Waals surface area contributed by atoms with Gasteiger partial charge in [-0.05, 0) is 67.9 Å². The Hall–Kier alpha value is -2.21. The van der Waals surface area contributed by atoms with Crippen LogP contribution in [0.15, 0.2) is 29.2 Å². The average molecular weight is 444 g/mol. The summed E-state index contributed by atoms with van der Waals surface area (Å²) in [5.74, 6) is 0.206. The number of carbonyl (C=O) groups excluding carboxylic acids is 1. The highest BCUT2D eigenvalue weighted by Gasteiger charge is 2.27. The molecule has 1 fully saturated rings. The van der Waals surface area contributed by atoms with Gasteiger partial charge >= 0.3 is 0 Å². The largest absolute Gasteiger partial charge is 0.312 e. The van der Waals surface area contributed by atoms with Crippen LogP contribution in [0.3, 0.4) is 0 Å². The van der Waals surface area contributed by atoms with Gasteiger partial charge < -0.3 is 5.32 Å². The third-order valence-corrected chi connectivity index (χ3v) is 9.04. The molecule has 1 aliphatic heterocycles. The van der Waals surface area contributed by atoms with Gasteiger partial charge in [0.2, 0.25) is 10.0 Å². The maximum absolute atomic E-state index is 12.8. The summed E-state index contributed by atoms with van der Waals surface area (Å²) >= 11 is 1.48. The smallest absolute Gasteiger partial charge is 0.256 e. The molecule has 0 saturated carbocycles. The van der Waals surface area contributed by atoms with Gasteiger partial charge in [0.25, 0.3) is 5.91 Å². The predicted octanol–water partition coefficient (Wildman–Crippen LogP) is 4.17. The van der Waals surface area contributed by atoms with E-state index in [2.05, 4.69) is 18.3 Å². The van der Waals surface area contributed by atoms with Gasteiger partial charge in [-0.2, -0.15) is 9.57 Å². The average Bonchev–Trinajstić information content (AvgIpc) is 3.10. The van der Waals surface area contributed by atoms with Gasteiger partial charge in [-0.1, -0.05) is 13.3 Å². The summed E-state index contributed by atoms with van der Waals surface area (Å²) in [6.45, 7) is 3.27. The molecular weight excluding hydrogens is 418 g/mol. The van der Waals surface area contributed by atoms with E-state index in [-0.39, 0.29) is 10.8 Å². The second kappa shape index (κ2) is 8.50. The van der Waals surface area contributed by atoms with E-state index in [1.165, 1.54) is 44.8 Å². The normalized spacial score (nSPS) is 19.7. The number of benzene rings is 1. The fraction of sp³-hybridized carbons (Fsp3) is 0.455. The highest BCUT2D eigenvalue weighted by molar-refractivity contribution is 7.89. The zero-order chi connectivity index (χ0) is 21.3. The number of anilines is 1. The second-order valence-corrected chi connectivity index (χ2v) is 11.2. The molecule has 8 heteroatoms. The van der Waals surface area contributed by atoms with Crippen molar-refractivity contribution >= 4 is 32.3 Å². The van der Waals surface area contributed by atoms with E-state index in [0.717, 1.165) is 44.1 Å². The minimum atomic E-state index is -3.52. The van der Waals surface area contributed by atoms with E-state index in [0.29, 0.717) is 35.1 Å². The molecule has 158 valence electrons. The first-order valence-corrected chi connectivity index (χ1v) is 12.6. The Kier molecular flexibility index (Phi) is 5.96. The molecule has 2 heterocycles. The number of nitriles is 1. The van der Waals surface area contributed by atoms with Crippen molar-refractivity contribution in [3.8, 4) is 6.07 Å². The number of thiophene rings is 1. The minimum absolute atomic E-state index is 0.208. The summed E-state index contributed by atoms with van der Waals surface area (Å²) in [4.78, 5) is 14.1. The van der Waals surface area contributed by atoms with Gasteiger partial charge in [-0.15, -0.1) is 11.3 Å².